The molecule has 0 aliphatic heterocycles. The van der Waals surface area contributed by atoms with E-state index in [1.54, 1.807) is 22.9 Å². The first-order chi connectivity index (χ1) is 13.5. The molecule has 142 valence electrons. The Bertz CT molecular complexity index is 1010. The van der Waals surface area contributed by atoms with Gasteiger partial charge in [0.25, 0.3) is 5.91 Å². The third-order valence-corrected chi connectivity index (χ3v) is 4.88. The van der Waals surface area contributed by atoms with Crippen LogP contribution in [0.25, 0.3) is 5.69 Å². The average Bonchev–Trinajstić information content (AvgIpc) is 3.39. The van der Waals surface area contributed by atoms with Gasteiger partial charge >= 0.3 is 0 Å². The molecule has 0 saturated heterocycles. The summed E-state index contributed by atoms with van der Waals surface area (Å²) in [5.74, 6) is -0.465. The van der Waals surface area contributed by atoms with Crippen LogP contribution in [0.5, 0.6) is 0 Å². The molecule has 1 fully saturated rings. The summed E-state index contributed by atoms with van der Waals surface area (Å²) in [7, 11) is 0. The van der Waals surface area contributed by atoms with Crippen LogP contribution in [0.1, 0.15) is 44.7 Å². The average molecular weight is 376 g/mol. The molecule has 3 aromatic rings. The van der Waals surface area contributed by atoms with Gasteiger partial charge in [-0.25, -0.2) is 4.68 Å². The molecule has 1 aliphatic carbocycles. The van der Waals surface area contributed by atoms with Gasteiger partial charge in [-0.2, -0.15) is 0 Å². The monoisotopic (exact) mass is 376 g/mol. The van der Waals surface area contributed by atoms with Crippen LogP contribution in [-0.4, -0.2) is 43.0 Å². The molecule has 1 heterocycles. The molecule has 0 radical (unpaired) electrons. The summed E-state index contributed by atoms with van der Waals surface area (Å²) in [5.41, 5.74) is 9.10. The topological polar surface area (TPSA) is 107 Å². The SMILES string of the molecule is Cc1cc(C(=O)N(Cc2ccc(C(N)=O)cc2)C2CC2)ccc1-n1cnnn1. The van der Waals surface area contributed by atoms with Crippen LogP contribution >= 0.6 is 0 Å². The van der Waals surface area contributed by atoms with Crippen molar-refractivity contribution in [3.63, 3.8) is 0 Å². The van der Waals surface area contributed by atoms with Gasteiger partial charge in [-0.05, 0) is 71.7 Å². The Morgan fingerprint density at radius 3 is 2.43 bits per heavy atom. The zero-order chi connectivity index (χ0) is 19.7. The van der Waals surface area contributed by atoms with Crippen LogP contribution in [0.2, 0.25) is 0 Å². The van der Waals surface area contributed by atoms with Crippen molar-refractivity contribution in [2.75, 3.05) is 0 Å². The Kier molecular flexibility index (Phi) is 4.60. The molecule has 28 heavy (non-hydrogen) atoms. The van der Waals surface area contributed by atoms with E-state index in [-0.39, 0.29) is 11.9 Å². The van der Waals surface area contributed by atoms with Crippen molar-refractivity contribution in [2.45, 2.75) is 32.4 Å². The van der Waals surface area contributed by atoms with Crippen molar-refractivity contribution < 1.29 is 9.59 Å². The Hall–Kier alpha value is -3.55. The lowest BCUT2D eigenvalue weighted by molar-refractivity contribution is 0.0729. The smallest absolute Gasteiger partial charge is 0.254 e. The lowest BCUT2D eigenvalue weighted by atomic mass is 10.1. The molecule has 8 nitrogen and oxygen atoms in total. The fourth-order valence-corrected chi connectivity index (χ4v) is 3.21. The maximum atomic E-state index is 13.2. The highest BCUT2D eigenvalue weighted by molar-refractivity contribution is 5.95. The van der Waals surface area contributed by atoms with Gasteiger partial charge in [0.2, 0.25) is 5.91 Å². The van der Waals surface area contributed by atoms with Gasteiger partial charge in [0.15, 0.2) is 0 Å². The lowest BCUT2D eigenvalue weighted by Crippen LogP contribution is -2.32. The van der Waals surface area contributed by atoms with E-state index in [0.717, 1.165) is 29.7 Å². The van der Waals surface area contributed by atoms with Crippen molar-refractivity contribution in [2.24, 2.45) is 5.73 Å². The van der Waals surface area contributed by atoms with Gasteiger partial charge in [0.05, 0.1) is 5.69 Å². The summed E-state index contributed by atoms with van der Waals surface area (Å²) in [5, 5.41) is 11.2. The second-order valence-corrected chi connectivity index (χ2v) is 6.98. The van der Waals surface area contributed by atoms with Gasteiger partial charge in [0.1, 0.15) is 6.33 Å². The minimum atomic E-state index is -0.458. The maximum absolute atomic E-state index is 13.2. The number of hydrogen-bond acceptors (Lipinski definition) is 5. The van der Waals surface area contributed by atoms with Crippen molar-refractivity contribution in [3.8, 4) is 5.69 Å². The molecular weight excluding hydrogens is 356 g/mol. The Labute approximate surface area is 162 Å². The summed E-state index contributed by atoms with van der Waals surface area (Å²) in [6.07, 6.45) is 3.54. The van der Waals surface area contributed by atoms with E-state index in [0.29, 0.717) is 17.7 Å². The maximum Gasteiger partial charge on any atom is 0.254 e. The number of carbonyl (C=O) groups is 2. The number of nitrogens with two attached hydrogens (primary N) is 1. The molecule has 0 bridgehead atoms. The number of tetrazole rings is 1. The molecule has 4 rings (SSSR count). The highest BCUT2D eigenvalue weighted by Crippen LogP contribution is 2.30. The van der Waals surface area contributed by atoms with E-state index in [4.69, 9.17) is 5.73 Å². The number of primary amides is 1. The van der Waals surface area contributed by atoms with Crippen molar-refractivity contribution in [1.29, 1.82) is 0 Å². The normalized spacial score (nSPS) is 13.3. The quantitative estimate of drug-likeness (QED) is 0.707. The van der Waals surface area contributed by atoms with E-state index in [9.17, 15) is 9.59 Å². The first-order valence-corrected chi connectivity index (χ1v) is 9.06. The third-order valence-electron chi connectivity index (χ3n) is 4.88. The van der Waals surface area contributed by atoms with E-state index >= 15 is 0 Å². The Morgan fingerprint density at radius 1 is 1.14 bits per heavy atom. The van der Waals surface area contributed by atoms with E-state index < -0.39 is 5.91 Å². The number of aryl methyl sites for hydroxylation is 1. The number of nitrogens with zero attached hydrogens (tertiary/aromatic N) is 5. The summed E-state index contributed by atoms with van der Waals surface area (Å²) in [6, 6.07) is 12.8. The summed E-state index contributed by atoms with van der Waals surface area (Å²) < 4.78 is 1.57. The second kappa shape index (κ2) is 7.22. The predicted octanol–water partition coefficient (Wildman–Crippen LogP) is 1.87. The Balaban J connectivity index is 1.55. The number of benzene rings is 2. The first-order valence-electron chi connectivity index (χ1n) is 9.06. The Morgan fingerprint density at radius 2 is 1.86 bits per heavy atom. The first kappa shape index (κ1) is 17.8. The summed E-state index contributed by atoms with van der Waals surface area (Å²) in [4.78, 5) is 26.3. The molecule has 8 heteroatoms. The fourth-order valence-electron chi connectivity index (χ4n) is 3.21. The highest BCUT2D eigenvalue weighted by Gasteiger charge is 2.33. The van der Waals surface area contributed by atoms with Crippen molar-refractivity contribution in [3.05, 3.63) is 71.0 Å². The summed E-state index contributed by atoms with van der Waals surface area (Å²) in [6.45, 7) is 2.42. The van der Waals surface area contributed by atoms with Gasteiger partial charge in [0, 0.05) is 23.7 Å². The van der Waals surface area contributed by atoms with Crippen molar-refractivity contribution in [1.82, 2.24) is 25.1 Å². The molecule has 0 atom stereocenters. The number of amides is 2. The van der Waals surface area contributed by atoms with Crippen LogP contribution in [-0.2, 0) is 6.54 Å². The largest absolute Gasteiger partial charge is 0.366 e. The fraction of sp³-hybridized carbons (Fsp3) is 0.250. The van der Waals surface area contributed by atoms with Crippen LogP contribution < -0.4 is 5.73 Å². The van der Waals surface area contributed by atoms with Crippen LogP contribution in [0.4, 0.5) is 0 Å². The summed E-state index contributed by atoms with van der Waals surface area (Å²) >= 11 is 0. The number of rotatable bonds is 6. The number of carbonyl (C=O) groups excluding carboxylic acids is 2. The number of aromatic nitrogens is 4. The van der Waals surface area contributed by atoms with Crippen molar-refractivity contribution >= 4 is 11.8 Å². The predicted molar refractivity (Wildman–Crippen MR) is 102 cm³/mol. The molecule has 1 aromatic heterocycles. The minimum Gasteiger partial charge on any atom is -0.366 e. The van der Waals surface area contributed by atoms with E-state index in [2.05, 4.69) is 15.5 Å². The molecule has 1 saturated carbocycles. The minimum absolute atomic E-state index is 0.00663. The zero-order valence-corrected chi connectivity index (χ0v) is 15.4. The molecule has 1 aliphatic rings. The van der Waals surface area contributed by atoms with Crippen LogP contribution in [0.15, 0.2) is 48.8 Å². The van der Waals surface area contributed by atoms with E-state index in [1.165, 1.54) is 6.33 Å². The van der Waals surface area contributed by atoms with Crippen LogP contribution in [0.3, 0.4) is 0 Å². The number of hydrogen-bond donors (Lipinski definition) is 1. The molecule has 2 N–H and O–H groups in total. The van der Waals surface area contributed by atoms with Gasteiger partial charge in [-0.3, -0.25) is 9.59 Å². The lowest BCUT2D eigenvalue weighted by Gasteiger charge is -2.23. The standard InChI is InChI=1S/C20H20N6O2/c1-13-10-16(6-9-18(13)26-12-22-23-24-26)20(28)25(17-7-8-17)11-14-2-4-15(5-3-14)19(21)27/h2-6,9-10,12,17H,7-8,11H2,1H3,(H2,21,27). The molecule has 0 spiro atoms. The van der Waals surface area contributed by atoms with Gasteiger partial charge in [-0.15, -0.1) is 5.10 Å². The molecule has 2 aromatic carbocycles. The highest BCUT2D eigenvalue weighted by atomic mass is 16.2. The van der Waals surface area contributed by atoms with E-state index in [1.807, 2.05) is 36.1 Å². The molecule has 2 amide bonds. The van der Waals surface area contributed by atoms with Crippen LogP contribution in [0, 0.1) is 6.92 Å². The zero-order valence-electron chi connectivity index (χ0n) is 15.4. The van der Waals surface area contributed by atoms with Gasteiger partial charge in [-0.1, -0.05) is 12.1 Å². The molecule has 0 unspecified atom stereocenters. The van der Waals surface area contributed by atoms with Gasteiger partial charge < -0.3 is 10.6 Å². The third kappa shape index (κ3) is 3.62. The molecular formula is C20H20N6O2. The second-order valence-electron chi connectivity index (χ2n) is 6.98.